The van der Waals surface area contributed by atoms with Crippen molar-refractivity contribution in [2.24, 2.45) is 5.92 Å². The fourth-order valence-corrected chi connectivity index (χ4v) is 1.20. The molecule has 0 saturated carbocycles. The lowest BCUT2D eigenvalue weighted by atomic mass is 9.90. The van der Waals surface area contributed by atoms with E-state index in [-0.39, 0.29) is 0 Å². The number of nitriles is 1. The minimum Gasteiger partial charge on any atom is -0.193 e. The van der Waals surface area contributed by atoms with Gasteiger partial charge in [-0.3, -0.25) is 0 Å². The van der Waals surface area contributed by atoms with Crippen molar-refractivity contribution >= 4 is 0 Å². The Bertz CT molecular complexity index is 228. The second-order valence-corrected chi connectivity index (χ2v) is 2.85. The third kappa shape index (κ3) is 1.27. The van der Waals surface area contributed by atoms with Crippen molar-refractivity contribution < 1.29 is 0 Å². The van der Waals surface area contributed by atoms with Gasteiger partial charge in [0.05, 0.1) is 6.07 Å². The Morgan fingerprint density at radius 2 is 2.30 bits per heavy atom. The van der Waals surface area contributed by atoms with Crippen molar-refractivity contribution in [1.29, 1.82) is 5.26 Å². The first-order chi connectivity index (χ1) is 4.74. The molecule has 0 aromatic carbocycles. The fraction of sp³-hybridized carbons (Fsp3) is 0.444. The molecule has 0 N–H and O–H groups in total. The van der Waals surface area contributed by atoms with Crippen LogP contribution < -0.4 is 0 Å². The predicted octanol–water partition coefficient (Wildman–Crippen LogP) is 2.42. The number of nitrogens with zero attached hydrogens (tertiary/aromatic N) is 1. The van der Waals surface area contributed by atoms with Crippen LogP contribution >= 0.6 is 0 Å². The van der Waals surface area contributed by atoms with E-state index in [9.17, 15) is 0 Å². The summed E-state index contributed by atoms with van der Waals surface area (Å²) in [5, 5.41) is 8.60. The molecule has 0 radical (unpaired) electrons. The molecule has 0 bridgehead atoms. The molecule has 0 heterocycles. The van der Waals surface area contributed by atoms with Gasteiger partial charge >= 0.3 is 0 Å². The first-order valence-corrected chi connectivity index (χ1v) is 3.51. The Morgan fingerprint density at radius 1 is 1.60 bits per heavy atom. The van der Waals surface area contributed by atoms with E-state index < -0.39 is 0 Å². The molecule has 0 aliphatic heterocycles. The average Bonchev–Trinajstić information content (AvgIpc) is 1.88. The second kappa shape index (κ2) is 2.70. The first-order valence-electron chi connectivity index (χ1n) is 3.51. The summed E-state index contributed by atoms with van der Waals surface area (Å²) in [7, 11) is 0. The molecule has 0 spiro atoms. The maximum Gasteiger partial charge on any atom is 0.0950 e. The zero-order valence-electron chi connectivity index (χ0n) is 6.39. The van der Waals surface area contributed by atoms with Crippen LogP contribution in [0.5, 0.6) is 0 Å². The van der Waals surface area contributed by atoms with E-state index in [2.05, 4.69) is 19.9 Å². The van der Waals surface area contributed by atoms with Crippen molar-refractivity contribution in [3.8, 4) is 6.07 Å². The highest BCUT2D eigenvalue weighted by atomic mass is 14.3. The van der Waals surface area contributed by atoms with Gasteiger partial charge in [0.25, 0.3) is 0 Å². The monoisotopic (exact) mass is 133 g/mol. The Morgan fingerprint density at radius 3 is 2.80 bits per heavy atom. The minimum atomic E-state index is 0.426. The highest BCUT2D eigenvalue weighted by molar-refractivity contribution is 5.33. The molecule has 0 fully saturated rings. The van der Waals surface area contributed by atoms with Crippen LogP contribution in [-0.2, 0) is 0 Å². The highest BCUT2D eigenvalue weighted by Gasteiger charge is 2.11. The molecule has 1 aliphatic rings. The van der Waals surface area contributed by atoms with Gasteiger partial charge < -0.3 is 0 Å². The third-order valence-corrected chi connectivity index (χ3v) is 1.84. The smallest absolute Gasteiger partial charge is 0.0950 e. The Hall–Kier alpha value is -1.03. The molecule has 1 atom stereocenters. The Kier molecular flexibility index (Phi) is 1.91. The molecule has 52 valence electrons. The predicted molar refractivity (Wildman–Crippen MR) is 41.2 cm³/mol. The van der Waals surface area contributed by atoms with E-state index in [1.807, 2.05) is 12.2 Å². The summed E-state index contributed by atoms with van der Waals surface area (Å²) >= 11 is 0. The van der Waals surface area contributed by atoms with Gasteiger partial charge in [-0.15, -0.1) is 0 Å². The number of allylic oxidation sites excluding steroid dienone is 4. The molecular formula is C9H11N. The summed E-state index contributed by atoms with van der Waals surface area (Å²) in [5.74, 6) is 0.426. The number of hydrogen-bond donors (Lipinski definition) is 0. The number of rotatable bonds is 0. The molecular weight excluding hydrogens is 122 g/mol. The normalized spacial score (nSPS) is 24.7. The maximum atomic E-state index is 8.60. The van der Waals surface area contributed by atoms with Crippen molar-refractivity contribution in [2.45, 2.75) is 20.3 Å². The molecule has 1 rings (SSSR count). The van der Waals surface area contributed by atoms with Crippen LogP contribution in [0.4, 0.5) is 0 Å². The Labute approximate surface area is 61.7 Å². The SMILES string of the molecule is CC1=CC=C(C#N)C(C)C1. The molecule has 0 amide bonds. The molecule has 1 unspecified atom stereocenters. The van der Waals surface area contributed by atoms with E-state index >= 15 is 0 Å². The van der Waals surface area contributed by atoms with E-state index in [4.69, 9.17) is 5.26 Å². The molecule has 0 aromatic rings. The summed E-state index contributed by atoms with van der Waals surface area (Å²) in [4.78, 5) is 0. The van der Waals surface area contributed by atoms with Gasteiger partial charge in [-0.05, 0) is 25.3 Å². The Balaban J connectivity index is 2.84. The number of hydrogen-bond acceptors (Lipinski definition) is 1. The van der Waals surface area contributed by atoms with Crippen molar-refractivity contribution in [1.82, 2.24) is 0 Å². The molecule has 10 heavy (non-hydrogen) atoms. The maximum absolute atomic E-state index is 8.60. The summed E-state index contributed by atoms with van der Waals surface area (Å²) in [6.07, 6.45) is 4.99. The standard InChI is InChI=1S/C9H11N/c1-7-3-4-9(6-10)8(2)5-7/h3-4,8H,5H2,1-2H3. The van der Waals surface area contributed by atoms with Crippen LogP contribution in [-0.4, -0.2) is 0 Å². The summed E-state index contributed by atoms with van der Waals surface area (Å²) in [6.45, 7) is 4.19. The van der Waals surface area contributed by atoms with E-state index in [0.717, 1.165) is 12.0 Å². The topological polar surface area (TPSA) is 23.8 Å². The van der Waals surface area contributed by atoms with Gasteiger partial charge in [0.15, 0.2) is 0 Å². The van der Waals surface area contributed by atoms with Gasteiger partial charge in [-0.25, -0.2) is 0 Å². The summed E-state index contributed by atoms with van der Waals surface area (Å²) in [5.41, 5.74) is 2.28. The van der Waals surface area contributed by atoms with Crippen molar-refractivity contribution in [3.63, 3.8) is 0 Å². The van der Waals surface area contributed by atoms with Gasteiger partial charge in [0.2, 0.25) is 0 Å². The van der Waals surface area contributed by atoms with Gasteiger partial charge in [0, 0.05) is 5.57 Å². The van der Waals surface area contributed by atoms with Crippen LogP contribution in [0.2, 0.25) is 0 Å². The van der Waals surface area contributed by atoms with E-state index in [1.54, 1.807) is 0 Å². The lowest BCUT2D eigenvalue weighted by molar-refractivity contribution is 0.681. The van der Waals surface area contributed by atoms with Crippen LogP contribution in [0.15, 0.2) is 23.3 Å². The third-order valence-electron chi connectivity index (χ3n) is 1.84. The molecule has 1 nitrogen and oxygen atoms in total. The lowest BCUT2D eigenvalue weighted by Gasteiger charge is -2.13. The molecule has 0 aromatic heterocycles. The highest BCUT2D eigenvalue weighted by Crippen LogP contribution is 2.23. The minimum absolute atomic E-state index is 0.426. The van der Waals surface area contributed by atoms with Crippen LogP contribution in [0.1, 0.15) is 20.3 Å². The fourth-order valence-electron chi connectivity index (χ4n) is 1.20. The zero-order chi connectivity index (χ0) is 7.56. The second-order valence-electron chi connectivity index (χ2n) is 2.85. The largest absolute Gasteiger partial charge is 0.193 e. The summed E-state index contributed by atoms with van der Waals surface area (Å²) < 4.78 is 0. The van der Waals surface area contributed by atoms with Crippen molar-refractivity contribution in [3.05, 3.63) is 23.3 Å². The van der Waals surface area contributed by atoms with Gasteiger partial charge in [0.1, 0.15) is 0 Å². The zero-order valence-corrected chi connectivity index (χ0v) is 6.39. The lowest BCUT2D eigenvalue weighted by Crippen LogP contribution is -2.01. The average molecular weight is 133 g/mol. The van der Waals surface area contributed by atoms with E-state index in [1.165, 1.54) is 5.57 Å². The van der Waals surface area contributed by atoms with Gasteiger partial charge in [-0.2, -0.15) is 5.26 Å². The summed E-state index contributed by atoms with van der Waals surface area (Å²) in [6, 6.07) is 2.19. The van der Waals surface area contributed by atoms with Crippen LogP contribution in [0.25, 0.3) is 0 Å². The quantitative estimate of drug-likeness (QED) is 0.498. The first kappa shape index (κ1) is 7.08. The van der Waals surface area contributed by atoms with Crippen LogP contribution in [0.3, 0.4) is 0 Å². The van der Waals surface area contributed by atoms with E-state index in [0.29, 0.717) is 5.92 Å². The molecule has 0 saturated heterocycles. The van der Waals surface area contributed by atoms with Crippen molar-refractivity contribution in [2.75, 3.05) is 0 Å². The molecule has 1 aliphatic carbocycles. The molecule has 1 heteroatoms. The van der Waals surface area contributed by atoms with Crippen LogP contribution in [0, 0.1) is 17.2 Å². The van der Waals surface area contributed by atoms with Gasteiger partial charge in [-0.1, -0.05) is 18.6 Å².